The molecular formula is C27H24Cl2N4OS. The lowest BCUT2D eigenvalue weighted by Gasteiger charge is -2.46. The molecule has 4 heterocycles. The lowest BCUT2D eigenvalue weighted by atomic mass is 9.63. The molecule has 5 nitrogen and oxygen atoms in total. The molecule has 0 radical (unpaired) electrons. The van der Waals surface area contributed by atoms with Gasteiger partial charge in [-0.1, -0.05) is 57.9 Å². The molecule has 178 valence electrons. The summed E-state index contributed by atoms with van der Waals surface area (Å²) < 4.78 is 7.16. The molecule has 0 N–H and O–H groups in total. The second-order valence-corrected chi connectivity index (χ2v) is 12.0. The third-order valence-electron chi connectivity index (χ3n) is 7.74. The quantitative estimate of drug-likeness (QED) is 0.272. The molecule has 3 aromatic heterocycles. The number of anilines is 1. The van der Waals surface area contributed by atoms with Gasteiger partial charge in [0.05, 0.1) is 20.3 Å². The van der Waals surface area contributed by atoms with Gasteiger partial charge in [0, 0.05) is 42.5 Å². The number of hydrogen-bond donors (Lipinski definition) is 0. The molecular weight excluding hydrogens is 499 g/mol. The van der Waals surface area contributed by atoms with Crippen LogP contribution >= 0.6 is 34.5 Å². The monoisotopic (exact) mass is 522 g/mol. The van der Waals surface area contributed by atoms with E-state index in [1.807, 2.05) is 0 Å². The molecule has 1 aliphatic heterocycles. The summed E-state index contributed by atoms with van der Waals surface area (Å²) in [6.07, 6.45) is 11.3. The minimum atomic E-state index is 0.236. The topological polar surface area (TPSA) is 55.1 Å². The summed E-state index contributed by atoms with van der Waals surface area (Å²) in [5.74, 6) is 1.44. The number of para-hydroxylation sites is 1. The zero-order chi connectivity index (χ0) is 23.7. The molecule has 0 atom stereocenters. The Morgan fingerprint density at radius 3 is 2.51 bits per heavy atom. The molecule has 2 fully saturated rings. The Hall–Kier alpha value is -2.41. The van der Waals surface area contributed by atoms with Crippen LogP contribution in [0.3, 0.4) is 0 Å². The van der Waals surface area contributed by atoms with Crippen LogP contribution < -0.4 is 4.90 Å². The van der Waals surface area contributed by atoms with Gasteiger partial charge in [0.1, 0.15) is 11.5 Å². The van der Waals surface area contributed by atoms with Gasteiger partial charge in [0.25, 0.3) is 0 Å². The molecule has 1 saturated heterocycles. The van der Waals surface area contributed by atoms with Gasteiger partial charge in [-0.25, -0.2) is 4.98 Å². The number of pyridine rings is 1. The third-order valence-corrected chi connectivity index (χ3v) is 9.39. The first-order valence-electron chi connectivity index (χ1n) is 12.1. The predicted octanol–water partition coefficient (Wildman–Crippen LogP) is 7.91. The van der Waals surface area contributed by atoms with Crippen molar-refractivity contribution in [2.45, 2.75) is 44.9 Å². The van der Waals surface area contributed by atoms with Gasteiger partial charge < -0.3 is 9.42 Å². The Morgan fingerprint density at radius 2 is 1.83 bits per heavy atom. The number of nitrogens with zero attached hydrogens (tertiary/aromatic N) is 4. The molecule has 0 unspecified atom stereocenters. The van der Waals surface area contributed by atoms with Crippen LogP contribution in [0.1, 0.15) is 54.9 Å². The predicted molar refractivity (Wildman–Crippen MR) is 143 cm³/mol. The summed E-state index contributed by atoms with van der Waals surface area (Å²) in [6, 6.07) is 6.43. The molecule has 1 spiro atoms. The normalized spacial score (nSPS) is 19.3. The molecule has 1 aromatic carbocycles. The summed E-state index contributed by atoms with van der Waals surface area (Å²) in [5, 5.41) is 6.61. The van der Waals surface area contributed by atoms with Crippen LogP contribution in [0.5, 0.6) is 0 Å². The molecule has 7 rings (SSSR count). The number of hydrogen-bond acceptors (Lipinski definition) is 6. The van der Waals surface area contributed by atoms with Crippen molar-refractivity contribution in [3.05, 3.63) is 63.6 Å². The van der Waals surface area contributed by atoms with Crippen LogP contribution in [0.15, 0.2) is 41.2 Å². The highest BCUT2D eigenvalue weighted by Gasteiger charge is 2.44. The highest BCUT2D eigenvalue weighted by molar-refractivity contribution is 7.22. The molecule has 8 heteroatoms. The fourth-order valence-corrected chi connectivity index (χ4v) is 7.24. The summed E-state index contributed by atoms with van der Waals surface area (Å²) in [5.41, 5.74) is 6.52. The largest absolute Gasteiger partial charge is 0.360 e. The van der Waals surface area contributed by atoms with Crippen molar-refractivity contribution in [2.24, 2.45) is 5.41 Å². The van der Waals surface area contributed by atoms with E-state index < -0.39 is 0 Å². The molecule has 4 aromatic rings. The highest BCUT2D eigenvalue weighted by Crippen LogP contribution is 2.56. The van der Waals surface area contributed by atoms with Crippen LogP contribution in [0.25, 0.3) is 27.0 Å². The number of rotatable bonds is 4. The molecule has 3 aliphatic rings. The van der Waals surface area contributed by atoms with Crippen LogP contribution in [0.4, 0.5) is 5.13 Å². The van der Waals surface area contributed by atoms with Crippen molar-refractivity contribution < 1.29 is 4.52 Å². The smallest absolute Gasteiger partial charge is 0.186 e. The van der Waals surface area contributed by atoms with E-state index in [9.17, 15) is 0 Å². The lowest BCUT2D eigenvalue weighted by molar-refractivity contribution is 0.277. The van der Waals surface area contributed by atoms with Crippen molar-refractivity contribution in [1.29, 1.82) is 0 Å². The van der Waals surface area contributed by atoms with Crippen molar-refractivity contribution in [2.75, 3.05) is 18.0 Å². The molecule has 2 aliphatic carbocycles. The second kappa shape index (κ2) is 8.05. The average Bonchev–Trinajstić information content (AvgIpc) is 3.43. The molecule has 0 amide bonds. The maximum Gasteiger partial charge on any atom is 0.186 e. The summed E-state index contributed by atoms with van der Waals surface area (Å²) in [4.78, 5) is 11.5. The Labute approximate surface area is 217 Å². The van der Waals surface area contributed by atoms with Gasteiger partial charge in [-0.2, -0.15) is 0 Å². The van der Waals surface area contributed by atoms with E-state index in [2.05, 4.69) is 46.2 Å². The fourth-order valence-electron chi connectivity index (χ4n) is 5.60. The van der Waals surface area contributed by atoms with Crippen molar-refractivity contribution in [3.63, 3.8) is 0 Å². The van der Waals surface area contributed by atoms with E-state index in [1.165, 1.54) is 15.8 Å². The Kier molecular flexibility index (Phi) is 5.02. The van der Waals surface area contributed by atoms with E-state index in [-0.39, 0.29) is 5.41 Å². The van der Waals surface area contributed by atoms with Crippen LogP contribution in [0, 0.1) is 12.3 Å². The van der Waals surface area contributed by atoms with Gasteiger partial charge in [0.2, 0.25) is 0 Å². The molecule has 0 bridgehead atoms. The first kappa shape index (κ1) is 21.8. The number of allylic oxidation sites excluding steroid dienone is 2. The van der Waals surface area contributed by atoms with Crippen molar-refractivity contribution >= 4 is 55.5 Å². The Morgan fingerprint density at radius 1 is 1.09 bits per heavy atom. The standard InChI is InChI=1S/C27H24Cl2N4OS/c1-15-3-2-4-20-23(15)31-26(35-20)33-9-7-27(8-10-33)11-17(12-27)21-24(32-34-25(21)16-5-6-16)22-18(28)13-30-14-19(22)29/h2-4,11,13-14,16H,5-10,12H2,1H3. The number of aryl methyl sites for hydroxylation is 1. The Balaban J connectivity index is 1.16. The Bertz CT molecular complexity index is 1470. The van der Waals surface area contributed by atoms with Gasteiger partial charge in [0.15, 0.2) is 5.13 Å². The maximum atomic E-state index is 6.50. The van der Waals surface area contributed by atoms with E-state index in [0.29, 0.717) is 16.0 Å². The zero-order valence-corrected chi connectivity index (χ0v) is 21.7. The van der Waals surface area contributed by atoms with E-state index in [1.54, 1.807) is 23.7 Å². The number of halogens is 2. The minimum Gasteiger partial charge on any atom is -0.360 e. The first-order chi connectivity index (χ1) is 17.0. The number of thiazole rings is 1. The second-order valence-electron chi connectivity index (χ2n) is 10.1. The van der Waals surface area contributed by atoms with Crippen LogP contribution in [-0.4, -0.2) is 28.2 Å². The van der Waals surface area contributed by atoms with Crippen LogP contribution in [-0.2, 0) is 0 Å². The SMILES string of the molecule is Cc1cccc2sc(N3CCC4(C=C(c5c(-c6c(Cl)cncc6Cl)noc5C5CC5)C4)CC3)nc12. The van der Waals surface area contributed by atoms with E-state index in [0.717, 1.165) is 78.4 Å². The number of piperidine rings is 1. The van der Waals surface area contributed by atoms with Crippen molar-refractivity contribution in [3.8, 4) is 11.3 Å². The number of benzene rings is 1. The molecule has 35 heavy (non-hydrogen) atoms. The summed E-state index contributed by atoms with van der Waals surface area (Å²) >= 11 is 14.8. The molecule has 1 saturated carbocycles. The number of fused-ring (bicyclic) bond motifs is 1. The maximum absolute atomic E-state index is 6.50. The number of aromatic nitrogens is 3. The third kappa shape index (κ3) is 3.61. The fraction of sp³-hybridized carbons (Fsp3) is 0.370. The van der Waals surface area contributed by atoms with Gasteiger partial charge in [-0.05, 0) is 61.6 Å². The zero-order valence-electron chi connectivity index (χ0n) is 19.4. The summed E-state index contributed by atoms with van der Waals surface area (Å²) in [7, 11) is 0. The first-order valence-corrected chi connectivity index (χ1v) is 13.7. The highest BCUT2D eigenvalue weighted by atomic mass is 35.5. The van der Waals surface area contributed by atoms with E-state index in [4.69, 9.17) is 32.7 Å². The van der Waals surface area contributed by atoms with Gasteiger partial charge in [-0.3, -0.25) is 4.98 Å². The van der Waals surface area contributed by atoms with Crippen molar-refractivity contribution in [1.82, 2.24) is 15.1 Å². The van der Waals surface area contributed by atoms with Gasteiger partial charge in [-0.15, -0.1) is 0 Å². The van der Waals surface area contributed by atoms with Crippen LogP contribution in [0.2, 0.25) is 10.0 Å². The minimum absolute atomic E-state index is 0.236. The lowest BCUT2D eigenvalue weighted by Crippen LogP contribution is -2.42. The van der Waals surface area contributed by atoms with E-state index >= 15 is 0 Å². The summed E-state index contributed by atoms with van der Waals surface area (Å²) in [6.45, 7) is 4.19. The average molecular weight is 523 g/mol. The van der Waals surface area contributed by atoms with Gasteiger partial charge >= 0.3 is 0 Å².